The first-order valence-electron chi connectivity index (χ1n) is 11.5. The molecular formula is C26H27N5O2S. The number of hydrogen-bond acceptors (Lipinski definition) is 5. The van der Waals surface area contributed by atoms with Crippen LogP contribution in [0.3, 0.4) is 0 Å². The van der Waals surface area contributed by atoms with E-state index in [1.807, 2.05) is 51.9 Å². The van der Waals surface area contributed by atoms with Crippen molar-refractivity contribution < 1.29 is 9.59 Å². The smallest absolute Gasteiger partial charge is 0.259 e. The second kappa shape index (κ2) is 9.77. The molecule has 0 aliphatic carbocycles. The second-order valence-electron chi connectivity index (χ2n) is 8.76. The van der Waals surface area contributed by atoms with Crippen molar-refractivity contribution >= 4 is 28.8 Å². The van der Waals surface area contributed by atoms with Crippen LogP contribution in [-0.2, 0) is 6.42 Å². The predicted octanol–water partition coefficient (Wildman–Crippen LogP) is 4.03. The number of aromatic nitrogens is 3. The highest BCUT2D eigenvalue weighted by molar-refractivity contribution is 7.08. The summed E-state index contributed by atoms with van der Waals surface area (Å²) in [6, 6.07) is 14.1. The zero-order valence-electron chi connectivity index (χ0n) is 19.1. The van der Waals surface area contributed by atoms with Gasteiger partial charge in [0.1, 0.15) is 5.56 Å². The average Bonchev–Trinajstić information content (AvgIpc) is 3.57. The van der Waals surface area contributed by atoms with E-state index in [-0.39, 0.29) is 17.9 Å². The van der Waals surface area contributed by atoms with Crippen LogP contribution in [0.5, 0.6) is 0 Å². The Morgan fingerprint density at radius 3 is 2.68 bits per heavy atom. The molecule has 1 aliphatic heterocycles. The summed E-state index contributed by atoms with van der Waals surface area (Å²) < 4.78 is 1.63. The number of nitrogens with zero attached hydrogens (tertiary/aromatic N) is 5. The molecule has 0 saturated carbocycles. The van der Waals surface area contributed by atoms with Crippen molar-refractivity contribution in [2.45, 2.75) is 25.3 Å². The van der Waals surface area contributed by atoms with E-state index in [0.29, 0.717) is 30.2 Å². The van der Waals surface area contributed by atoms with Crippen LogP contribution in [0.25, 0.3) is 5.65 Å². The minimum absolute atomic E-state index is 0.0329. The molecule has 5 rings (SSSR count). The maximum Gasteiger partial charge on any atom is 0.259 e. The molecule has 1 unspecified atom stereocenters. The van der Waals surface area contributed by atoms with Crippen LogP contribution in [-0.4, -0.2) is 62.4 Å². The van der Waals surface area contributed by atoms with Crippen molar-refractivity contribution in [3.8, 4) is 0 Å². The highest BCUT2D eigenvalue weighted by atomic mass is 32.1. The molecule has 0 bridgehead atoms. The monoisotopic (exact) mass is 473 g/mol. The van der Waals surface area contributed by atoms with Crippen LogP contribution in [0.1, 0.15) is 39.1 Å². The molecule has 8 heteroatoms. The van der Waals surface area contributed by atoms with Gasteiger partial charge in [0.05, 0.1) is 11.8 Å². The lowest BCUT2D eigenvalue weighted by molar-refractivity contribution is 0.0523. The van der Waals surface area contributed by atoms with Crippen molar-refractivity contribution in [2.24, 2.45) is 5.92 Å². The topological polar surface area (TPSA) is 70.8 Å². The lowest BCUT2D eigenvalue weighted by Crippen LogP contribution is -2.48. The number of amides is 2. The summed E-state index contributed by atoms with van der Waals surface area (Å²) in [7, 11) is 1.91. The first kappa shape index (κ1) is 22.3. The highest BCUT2D eigenvalue weighted by Crippen LogP contribution is 2.28. The van der Waals surface area contributed by atoms with Crippen molar-refractivity contribution in [3.05, 3.63) is 88.5 Å². The number of likely N-dealkylation sites (tertiary alicyclic amines) is 1. The molecule has 1 fully saturated rings. The van der Waals surface area contributed by atoms with E-state index >= 15 is 0 Å². The number of benzene rings is 1. The Bertz CT molecular complexity index is 1260. The van der Waals surface area contributed by atoms with E-state index in [1.54, 1.807) is 29.2 Å². The van der Waals surface area contributed by atoms with Crippen LogP contribution in [0.15, 0.2) is 71.8 Å². The Kier molecular flexibility index (Phi) is 6.40. The number of likely N-dealkylation sites (N-methyl/N-ethyl adjacent to an activating group) is 1. The third-order valence-corrected chi connectivity index (χ3v) is 7.44. The van der Waals surface area contributed by atoms with Crippen molar-refractivity contribution in [2.75, 3.05) is 20.1 Å². The number of fused-ring (bicyclic) bond motifs is 1. The Labute approximate surface area is 202 Å². The number of carbonyl (C=O) groups excluding carboxylic acids is 2. The molecule has 2 amide bonds. The van der Waals surface area contributed by atoms with E-state index in [4.69, 9.17) is 0 Å². The van der Waals surface area contributed by atoms with Gasteiger partial charge in [-0.25, -0.2) is 9.50 Å². The molecule has 0 spiro atoms. The summed E-state index contributed by atoms with van der Waals surface area (Å²) in [5, 5.41) is 8.10. The normalized spacial score (nSPS) is 15.4. The van der Waals surface area contributed by atoms with E-state index in [0.717, 1.165) is 24.8 Å². The molecule has 7 nitrogen and oxygen atoms in total. The third kappa shape index (κ3) is 4.46. The van der Waals surface area contributed by atoms with Gasteiger partial charge >= 0.3 is 0 Å². The van der Waals surface area contributed by atoms with Crippen LogP contribution in [0.4, 0.5) is 0 Å². The quantitative estimate of drug-likeness (QED) is 0.424. The van der Waals surface area contributed by atoms with Gasteiger partial charge in [0.25, 0.3) is 11.8 Å². The molecule has 174 valence electrons. The Hall–Kier alpha value is -3.52. The maximum atomic E-state index is 13.2. The molecule has 34 heavy (non-hydrogen) atoms. The minimum atomic E-state index is -0.0329. The van der Waals surface area contributed by atoms with Crippen LogP contribution < -0.4 is 0 Å². The third-order valence-electron chi connectivity index (χ3n) is 6.75. The maximum absolute atomic E-state index is 13.2. The van der Waals surface area contributed by atoms with Gasteiger partial charge in [-0.2, -0.15) is 16.4 Å². The Morgan fingerprint density at radius 1 is 1.15 bits per heavy atom. The van der Waals surface area contributed by atoms with Gasteiger partial charge in [0.15, 0.2) is 5.65 Å². The van der Waals surface area contributed by atoms with Crippen molar-refractivity contribution in [1.29, 1.82) is 0 Å². The van der Waals surface area contributed by atoms with E-state index in [2.05, 4.69) is 22.2 Å². The highest BCUT2D eigenvalue weighted by Gasteiger charge is 2.34. The van der Waals surface area contributed by atoms with Gasteiger partial charge in [0, 0.05) is 44.0 Å². The number of carbonyl (C=O) groups is 2. The molecule has 1 atom stereocenters. The van der Waals surface area contributed by atoms with Crippen LogP contribution >= 0.6 is 11.3 Å². The van der Waals surface area contributed by atoms with Gasteiger partial charge in [-0.1, -0.05) is 30.3 Å². The fourth-order valence-corrected chi connectivity index (χ4v) is 5.48. The SMILES string of the molecule is CN(C(=O)c1ccsc1)C(Cc1ccccc1)C1CCN(C(=O)c2cnn3cccnc23)CC1. The zero-order chi connectivity index (χ0) is 23.5. The lowest BCUT2D eigenvalue weighted by atomic mass is 9.84. The van der Waals surface area contributed by atoms with Gasteiger partial charge in [0.2, 0.25) is 0 Å². The lowest BCUT2D eigenvalue weighted by Gasteiger charge is -2.40. The minimum Gasteiger partial charge on any atom is -0.338 e. The van der Waals surface area contributed by atoms with Gasteiger partial charge < -0.3 is 9.80 Å². The van der Waals surface area contributed by atoms with E-state index < -0.39 is 0 Å². The average molecular weight is 474 g/mol. The molecule has 4 heterocycles. The number of piperidine rings is 1. The summed E-state index contributed by atoms with van der Waals surface area (Å²) in [6.07, 6.45) is 7.55. The molecule has 1 aliphatic rings. The molecule has 3 aromatic heterocycles. The molecule has 0 N–H and O–H groups in total. The summed E-state index contributed by atoms with van der Waals surface area (Å²) in [5.41, 5.74) is 3.06. The molecule has 1 aromatic carbocycles. The summed E-state index contributed by atoms with van der Waals surface area (Å²) >= 11 is 1.54. The van der Waals surface area contributed by atoms with E-state index in [9.17, 15) is 9.59 Å². The predicted molar refractivity (Wildman–Crippen MR) is 132 cm³/mol. The first-order chi connectivity index (χ1) is 16.6. The largest absolute Gasteiger partial charge is 0.338 e. The molecule has 1 saturated heterocycles. The molecular weight excluding hydrogens is 446 g/mol. The number of hydrogen-bond donors (Lipinski definition) is 0. The second-order valence-corrected chi connectivity index (χ2v) is 9.54. The molecule has 4 aromatic rings. The summed E-state index contributed by atoms with van der Waals surface area (Å²) in [6.45, 7) is 1.30. The fraction of sp³-hybridized carbons (Fsp3) is 0.308. The van der Waals surface area contributed by atoms with Gasteiger partial charge in [-0.3, -0.25) is 9.59 Å². The Morgan fingerprint density at radius 2 is 1.94 bits per heavy atom. The summed E-state index contributed by atoms with van der Waals surface area (Å²) in [4.78, 5) is 34.5. The van der Waals surface area contributed by atoms with Gasteiger partial charge in [-0.05, 0) is 48.3 Å². The summed E-state index contributed by atoms with van der Waals surface area (Å²) in [5.74, 6) is 0.325. The van der Waals surface area contributed by atoms with Gasteiger partial charge in [-0.15, -0.1) is 0 Å². The van der Waals surface area contributed by atoms with E-state index in [1.165, 1.54) is 16.9 Å². The Balaban J connectivity index is 1.32. The molecule has 0 radical (unpaired) electrons. The van der Waals surface area contributed by atoms with Crippen molar-refractivity contribution in [1.82, 2.24) is 24.4 Å². The number of rotatable bonds is 6. The van der Waals surface area contributed by atoms with Crippen LogP contribution in [0.2, 0.25) is 0 Å². The standard InChI is InChI=1S/C26H27N5O2S/c1-29(25(32)21-10-15-34-18-21)23(16-19-6-3-2-4-7-19)20-8-13-30(14-9-20)26(33)22-17-28-31-12-5-11-27-24(22)31/h2-7,10-12,15,17-18,20,23H,8-9,13-14,16H2,1H3. The van der Waals surface area contributed by atoms with Crippen LogP contribution in [0, 0.1) is 5.92 Å². The first-order valence-corrected chi connectivity index (χ1v) is 12.5. The zero-order valence-corrected chi connectivity index (χ0v) is 19.9. The fourth-order valence-electron chi connectivity index (χ4n) is 4.85. The number of thiophene rings is 1. The van der Waals surface area contributed by atoms with Crippen molar-refractivity contribution in [3.63, 3.8) is 0 Å².